The number of rotatable bonds is 1. The van der Waals surface area contributed by atoms with Crippen molar-refractivity contribution in [3.05, 3.63) is 52.6 Å². The van der Waals surface area contributed by atoms with Crippen LogP contribution in [-0.2, 0) is 18.9 Å². The zero-order chi connectivity index (χ0) is 22.3. The summed E-state index contributed by atoms with van der Waals surface area (Å²) in [6, 6.07) is 9.24. The molecule has 0 bridgehead atoms. The van der Waals surface area contributed by atoms with Crippen molar-refractivity contribution in [3.8, 4) is 0 Å². The van der Waals surface area contributed by atoms with Gasteiger partial charge in [0, 0.05) is 30.6 Å². The molecule has 176 valence electrons. The molecule has 7 rings (SSSR count). The van der Waals surface area contributed by atoms with Crippen LogP contribution in [0.2, 0.25) is 0 Å². The van der Waals surface area contributed by atoms with Crippen molar-refractivity contribution in [2.24, 2.45) is 23.2 Å². The third-order valence-electron chi connectivity index (χ3n) is 9.96. The molecule has 4 aliphatic carbocycles. The van der Waals surface area contributed by atoms with Crippen LogP contribution < -0.4 is 0 Å². The molecular weight excluding hydrogens is 412 g/mol. The fourth-order valence-corrected chi connectivity index (χ4v) is 8.43. The smallest absolute Gasteiger partial charge is 0.174 e. The average Bonchev–Trinajstić information content (AvgIpc) is 3.55. The number of ether oxygens (including phenoxy) is 4. The number of benzene rings is 1. The van der Waals surface area contributed by atoms with Crippen molar-refractivity contribution in [1.82, 2.24) is 0 Å². The van der Waals surface area contributed by atoms with E-state index in [1.165, 1.54) is 17.5 Å². The SMILES string of the molecule is Cc1ccc(C2=C3[C@H]4CCC5(CC4=CC[C@H]3[C@@H]3CCC4(OCCO4)[C@@]3(C)C2)OCCO5)cc1. The molecule has 0 N–H and O–H groups in total. The standard InChI is InChI=1S/C29H36O4/c1-19-3-5-20(6-4-19)24-18-27(2)25(10-12-29(27)32-15-16-33-29)23-8-7-21-17-28(30-13-14-31-28)11-9-22(21)26(23)24/h3-7,22-23,25H,8-18H2,1-2H3/t22-,23-,25-,27-/m0/s1. The first-order chi connectivity index (χ1) is 16.0. The van der Waals surface area contributed by atoms with Crippen LogP contribution in [0.4, 0.5) is 0 Å². The molecule has 1 aromatic rings. The van der Waals surface area contributed by atoms with Gasteiger partial charge in [0.15, 0.2) is 11.6 Å². The summed E-state index contributed by atoms with van der Waals surface area (Å²) >= 11 is 0. The number of aryl methyl sites for hydroxylation is 1. The first kappa shape index (κ1) is 20.9. The summed E-state index contributed by atoms with van der Waals surface area (Å²) in [5.74, 6) is 0.981. The van der Waals surface area contributed by atoms with Crippen molar-refractivity contribution < 1.29 is 18.9 Å². The van der Waals surface area contributed by atoms with Crippen molar-refractivity contribution in [2.45, 2.75) is 70.4 Å². The molecule has 2 saturated heterocycles. The van der Waals surface area contributed by atoms with E-state index in [0.29, 0.717) is 17.8 Å². The Kier molecular flexibility index (Phi) is 4.60. The van der Waals surface area contributed by atoms with Gasteiger partial charge in [-0.05, 0) is 55.6 Å². The third-order valence-corrected chi connectivity index (χ3v) is 9.96. The molecule has 33 heavy (non-hydrogen) atoms. The summed E-state index contributed by atoms with van der Waals surface area (Å²) in [7, 11) is 0. The molecule has 2 heterocycles. The van der Waals surface area contributed by atoms with Crippen molar-refractivity contribution >= 4 is 5.57 Å². The van der Waals surface area contributed by atoms with Crippen LogP contribution in [0.5, 0.6) is 0 Å². The Morgan fingerprint density at radius 3 is 2.33 bits per heavy atom. The topological polar surface area (TPSA) is 36.9 Å². The summed E-state index contributed by atoms with van der Waals surface area (Å²) < 4.78 is 25.1. The summed E-state index contributed by atoms with van der Waals surface area (Å²) in [5, 5.41) is 0. The summed E-state index contributed by atoms with van der Waals surface area (Å²) in [6.07, 6.45) is 10.1. The van der Waals surface area contributed by atoms with Gasteiger partial charge in [-0.1, -0.05) is 54.0 Å². The number of hydrogen-bond acceptors (Lipinski definition) is 4. The Morgan fingerprint density at radius 1 is 0.848 bits per heavy atom. The van der Waals surface area contributed by atoms with Crippen LogP contribution in [0.3, 0.4) is 0 Å². The van der Waals surface area contributed by atoms with Gasteiger partial charge in [0.05, 0.1) is 26.4 Å². The lowest BCUT2D eigenvalue weighted by Gasteiger charge is -2.53. The first-order valence-electron chi connectivity index (χ1n) is 13.1. The minimum atomic E-state index is -0.398. The van der Waals surface area contributed by atoms with Crippen LogP contribution in [0, 0.1) is 30.1 Å². The fraction of sp³-hybridized carbons (Fsp3) is 0.655. The van der Waals surface area contributed by atoms with Crippen LogP contribution in [-0.4, -0.2) is 38.0 Å². The highest BCUT2D eigenvalue weighted by atomic mass is 16.7. The van der Waals surface area contributed by atoms with Gasteiger partial charge < -0.3 is 18.9 Å². The van der Waals surface area contributed by atoms with E-state index in [-0.39, 0.29) is 11.2 Å². The van der Waals surface area contributed by atoms with E-state index < -0.39 is 5.79 Å². The predicted molar refractivity (Wildman–Crippen MR) is 126 cm³/mol. The maximum Gasteiger partial charge on any atom is 0.174 e. The molecule has 0 amide bonds. The van der Waals surface area contributed by atoms with E-state index in [0.717, 1.165) is 65.0 Å². The lowest BCUT2D eigenvalue weighted by Crippen LogP contribution is -2.51. The Labute approximate surface area is 197 Å². The van der Waals surface area contributed by atoms with E-state index in [1.807, 2.05) is 0 Å². The van der Waals surface area contributed by atoms with Crippen LogP contribution in [0.15, 0.2) is 41.5 Å². The molecule has 0 radical (unpaired) electrons. The van der Waals surface area contributed by atoms with Crippen molar-refractivity contribution in [3.63, 3.8) is 0 Å². The lowest BCUT2D eigenvalue weighted by atomic mass is 9.54. The van der Waals surface area contributed by atoms with E-state index in [4.69, 9.17) is 18.9 Å². The maximum absolute atomic E-state index is 6.43. The van der Waals surface area contributed by atoms with Crippen molar-refractivity contribution in [1.29, 1.82) is 0 Å². The van der Waals surface area contributed by atoms with Gasteiger partial charge in [-0.2, -0.15) is 0 Å². The highest BCUT2D eigenvalue weighted by molar-refractivity contribution is 5.73. The highest BCUT2D eigenvalue weighted by Crippen LogP contribution is 2.67. The number of fused-ring (bicyclic) bond motifs is 6. The van der Waals surface area contributed by atoms with Crippen LogP contribution in [0.25, 0.3) is 5.57 Å². The van der Waals surface area contributed by atoms with E-state index in [1.54, 1.807) is 16.7 Å². The van der Waals surface area contributed by atoms with Gasteiger partial charge in [0.1, 0.15) is 0 Å². The molecule has 4 fully saturated rings. The molecule has 2 spiro atoms. The minimum Gasteiger partial charge on any atom is -0.347 e. The Morgan fingerprint density at radius 2 is 1.58 bits per heavy atom. The Bertz CT molecular complexity index is 1010. The largest absolute Gasteiger partial charge is 0.347 e. The van der Waals surface area contributed by atoms with E-state index >= 15 is 0 Å². The van der Waals surface area contributed by atoms with Gasteiger partial charge in [-0.3, -0.25) is 0 Å². The Hall–Kier alpha value is -1.46. The highest BCUT2D eigenvalue weighted by Gasteiger charge is 2.65. The second-order valence-corrected chi connectivity index (χ2v) is 11.5. The monoisotopic (exact) mass is 448 g/mol. The molecule has 4 nitrogen and oxygen atoms in total. The van der Waals surface area contributed by atoms with Crippen molar-refractivity contribution in [2.75, 3.05) is 26.4 Å². The number of hydrogen-bond donors (Lipinski definition) is 0. The maximum atomic E-state index is 6.43. The molecule has 4 atom stereocenters. The lowest BCUT2D eigenvalue weighted by molar-refractivity contribution is -0.226. The molecule has 0 aromatic heterocycles. The second kappa shape index (κ2) is 7.27. The zero-order valence-electron chi connectivity index (χ0n) is 20.0. The van der Waals surface area contributed by atoms with E-state index in [2.05, 4.69) is 44.2 Å². The van der Waals surface area contributed by atoms with E-state index in [9.17, 15) is 0 Å². The molecule has 1 aromatic carbocycles. The summed E-state index contributed by atoms with van der Waals surface area (Å²) in [4.78, 5) is 0. The summed E-state index contributed by atoms with van der Waals surface area (Å²) in [5.41, 5.74) is 7.59. The molecule has 6 aliphatic rings. The van der Waals surface area contributed by atoms with Gasteiger partial charge >= 0.3 is 0 Å². The zero-order valence-corrected chi connectivity index (χ0v) is 20.0. The molecule has 2 aliphatic heterocycles. The third kappa shape index (κ3) is 2.90. The Balaban J connectivity index is 1.35. The fourth-order valence-electron chi connectivity index (χ4n) is 8.43. The predicted octanol–water partition coefficient (Wildman–Crippen LogP) is 5.80. The van der Waals surface area contributed by atoms with Gasteiger partial charge in [0.2, 0.25) is 0 Å². The van der Waals surface area contributed by atoms with Gasteiger partial charge in [0.25, 0.3) is 0 Å². The van der Waals surface area contributed by atoms with Gasteiger partial charge in [-0.15, -0.1) is 0 Å². The normalized spacial score (nSPS) is 38.4. The minimum absolute atomic E-state index is 0.0246. The average molecular weight is 449 g/mol. The van der Waals surface area contributed by atoms with Crippen LogP contribution in [0.1, 0.15) is 63.0 Å². The molecule has 2 saturated carbocycles. The number of allylic oxidation sites excluding steroid dienone is 3. The molecular formula is C29H36O4. The quantitative estimate of drug-likeness (QED) is 0.509. The first-order valence-corrected chi connectivity index (χ1v) is 13.1. The van der Waals surface area contributed by atoms with Gasteiger partial charge in [-0.25, -0.2) is 0 Å². The molecule has 4 heteroatoms. The van der Waals surface area contributed by atoms with Crippen LogP contribution >= 0.6 is 0 Å². The summed E-state index contributed by atoms with van der Waals surface area (Å²) in [6.45, 7) is 7.59. The second-order valence-electron chi connectivity index (χ2n) is 11.5. The molecule has 0 unspecified atom stereocenters.